The lowest BCUT2D eigenvalue weighted by Gasteiger charge is -2.05. The molecule has 0 aliphatic carbocycles. The van der Waals surface area contributed by atoms with Gasteiger partial charge in [-0.25, -0.2) is 4.79 Å². The molecule has 1 rings (SSSR count). The molecule has 0 aliphatic heterocycles. The molecule has 0 bridgehead atoms. The summed E-state index contributed by atoms with van der Waals surface area (Å²) in [6, 6.07) is 5.68. The van der Waals surface area contributed by atoms with Crippen LogP contribution in [-0.4, -0.2) is 25.4 Å². The van der Waals surface area contributed by atoms with Crippen molar-refractivity contribution in [2.24, 2.45) is 5.10 Å². The van der Waals surface area contributed by atoms with Crippen molar-refractivity contribution < 1.29 is 23.0 Å². The average Bonchev–Trinajstić information content (AvgIpc) is 2.31. The summed E-state index contributed by atoms with van der Waals surface area (Å²) in [5.74, 6) is -0.521. The SMILES string of the molecule is CCOC(=O)/C=N\Nc1ccc(OC(F)F)cc1. The maximum absolute atomic E-state index is 11.9. The van der Waals surface area contributed by atoms with Crippen molar-refractivity contribution >= 4 is 17.9 Å². The van der Waals surface area contributed by atoms with E-state index < -0.39 is 12.6 Å². The molecule has 0 unspecified atom stereocenters. The summed E-state index contributed by atoms with van der Waals surface area (Å²) in [6.07, 6.45) is 0.979. The number of nitrogens with zero attached hydrogens (tertiary/aromatic N) is 1. The molecule has 98 valence electrons. The van der Waals surface area contributed by atoms with E-state index in [0.717, 1.165) is 6.21 Å². The molecule has 1 N–H and O–H groups in total. The highest BCUT2D eigenvalue weighted by Crippen LogP contribution is 2.17. The van der Waals surface area contributed by atoms with Crippen molar-refractivity contribution in [1.82, 2.24) is 0 Å². The maximum Gasteiger partial charge on any atom is 0.387 e. The molecule has 0 atom stereocenters. The third-order valence-corrected chi connectivity index (χ3v) is 1.73. The van der Waals surface area contributed by atoms with Crippen LogP contribution in [0.1, 0.15) is 6.92 Å². The first-order valence-electron chi connectivity index (χ1n) is 5.12. The van der Waals surface area contributed by atoms with Gasteiger partial charge in [0.2, 0.25) is 0 Å². The van der Waals surface area contributed by atoms with Crippen LogP contribution in [0.25, 0.3) is 0 Å². The molecule has 0 heterocycles. The smallest absolute Gasteiger partial charge is 0.387 e. The monoisotopic (exact) mass is 258 g/mol. The van der Waals surface area contributed by atoms with E-state index in [0.29, 0.717) is 5.69 Å². The molecule has 18 heavy (non-hydrogen) atoms. The first-order chi connectivity index (χ1) is 8.61. The molecule has 0 radical (unpaired) electrons. The summed E-state index contributed by atoms with van der Waals surface area (Å²) in [4.78, 5) is 10.9. The molecule has 7 heteroatoms. The second-order valence-electron chi connectivity index (χ2n) is 3.02. The lowest BCUT2D eigenvalue weighted by atomic mass is 10.3. The summed E-state index contributed by atoms with van der Waals surface area (Å²) in [5.41, 5.74) is 3.07. The number of alkyl halides is 2. The molecule has 5 nitrogen and oxygen atoms in total. The molecule has 0 amide bonds. The molecule has 0 saturated heterocycles. The predicted molar refractivity (Wildman–Crippen MR) is 61.8 cm³/mol. The van der Waals surface area contributed by atoms with Gasteiger partial charge < -0.3 is 9.47 Å². The Bertz CT molecular complexity index is 407. The van der Waals surface area contributed by atoms with Gasteiger partial charge in [0.1, 0.15) is 12.0 Å². The third kappa shape index (κ3) is 5.24. The van der Waals surface area contributed by atoms with Gasteiger partial charge >= 0.3 is 12.6 Å². The van der Waals surface area contributed by atoms with E-state index in [-0.39, 0.29) is 12.4 Å². The maximum atomic E-state index is 11.9. The number of rotatable bonds is 6. The second-order valence-corrected chi connectivity index (χ2v) is 3.02. The summed E-state index contributed by atoms with van der Waals surface area (Å²) in [6.45, 7) is -0.906. The number of anilines is 1. The van der Waals surface area contributed by atoms with E-state index >= 15 is 0 Å². The van der Waals surface area contributed by atoms with Crippen LogP contribution < -0.4 is 10.2 Å². The lowest BCUT2D eigenvalue weighted by Crippen LogP contribution is -2.06. The molecule has 1 aromatic rings. The summed E-state index contributed by atoms with van der Waals surface area (Å²) in [5, 5.41) is 3.61. The van der Waals surface area contributed by atoms with Gasteiger partial charge in [0.25, 0.3) is 0 Å². The largest absolute Gasteiger partial charge is 0.462 e. The van der Waals surface area contributed by atoms with E-state index in [1.165, 1.54) is 24.3 Å². The fourth-order valence-electron chi connectivity index (χ4n) is 1.05. The molecular weight excluding hydrogens is 246 g/mol. The van der Waals surface area contributed by atoms with Crippen molar-refractivity contribution in [3.05, 3.63) is 24.3 Å². The van der Waals surface area contributed by atoms with E-state index in [2.05, 4.69) is 20.0 Å². The standard InChI is InChI=1S/C11H12F2N2O3/c1-2-17-10(16)7-14-15-8-3-5-9(6-4-8)18-11(12)13/h3-7,11,15H,2H2,1H3/b14-7-. The van der Waals surface area contributed by atoms with Gasteiger partial charge in [0.15, 0.2) is 0 Å². The van der Waals surface area contributed by atoms with Crippen molar-refractivity contribution in [2.75, 3.05) is 12.0 Å². The minimum Gasteiger partial charge on any atom is -0.462 e. The Kier molecular flexibility index (Phi) is 5.56. The highest BCUT2D eigenvalue weighted by atomic mass is 19.3. The van der Waals surface area contributed by atoms with E-state index in [4.69, 9.17) is 0 Å². The lowest BCUT2D eigenvalue weighted by molar-refractivity contribution is -0.134. The number of carbonyl (C=O) groups excluding carboxylic acids is 1. The van der Waals surface area contributed by atoms with E-state index in [9.17, 15) is 13.6 Å². The summed E-state index contributed by atoms with van der Waals surface area (Å²) >= 11 is 0. The highest BCUT2D eigenvalue weighted by Gasteiger charge is 2.03. The molecule has 1 aromatic carbocycles. The molecule has 0 saturated carbocycles. The molecule has 0 spiro atoms. The fourth-order valence-corrected chi connectivity index (χ4v) is 1.05. The Morgan fingerprint density at radius 3 is 2.67 bits per heavy atom. The van der Waals surface area contributed by atoms with Crippen LogP contribution in [0, 0.1) is 0 Å². The number of carbonyl (C=O) groups is 1. The Balaban J connectivity index is 2.46. The molecular formula is C11H12F2N2O3. The van der Waals surface area contributed by atoms with Crippen LogP contribution in [0.3, 0.4) is 0 Å². The Morgan fingerprint density at radius 1 is 1.44 bits per heavy atom. The number of benzene rings is 1. The van der Waals surface area contributed by atoms with Crippen molar-refractivity contribution in [2.45, 2.75) is 13.5 Å². The number of hydrazone groups is 1. The zero-order chi connectivity index (χ0) is 13.4. The number of ether oxygens (including phenoxy) is 2. The van der Waals surface area contributed by atoms with E-state index in [1.807, 2.05) is 0 Å². The van der Waals surface area contributed by atoms with Gasteiger partial charge in [0, 0.05) is 0 Å². The zero-order valence-corrected chi connectivity index (χ0v) is 9.60. The minimum atomic E-state index is -2.86. The van der Waals surface area contributed by atoms with Gasteiger partial charge in [-0.1, -0.05) is 0 Å². The van der Waals surface area contributed by atoms with Crippen LogP contribution in [0.4, 0.5) is 14.5 Å². The summed E-state index contributed by atoms with van der Waals surface area (Å²) in [7, 11) is 0. The van der Waals surface area contributed by atoms with Gasteiger partial charge in [0.05, 0.1) is 12.3 Å². The normalized spacial score (nSPS) is 10.7. The Labute approximate surface area is 102 Å². The van der Waals surface area contributed by atoms with Crippen molar-refractivity contribution in [3.63, 3.8) is 0 Å². The van der Waals surface area contributed by atoms with Crippen molar-refractivity contribution in [1.29, 1.82) is 0 Å². The quantitative estimate of drug-likeness (QED) is 0.483. The number of halogens is 2. The van der Waals surface area contributed by atoms with Crippen LogP contribution in [0.15, 0.2) is 29.4 Å². The Hall–Kier alpha value is -2.18. The van der Waals surface area contributed by atoms with Crippen LogP contribution in [0.5, 0.6) is 5.75 Å². The summed E-state index contributed by atoms with van der Waals surface area (Å²) < 4.78 is 32.5. The van der Waals surface area contributed by atoms with Crippen LogP contribution >= 0.6 is 0 Å². The average molecular weight is 258 g/mol. The number of esters is 1. The predicted octanol–water partition coefficient (Wildman–Crippen LogP) is 2.25. The van der Waals surface area contributed by atoms with E-state index in [1.54, 1.807) is 6.92 Å². The second kappa shape index (κ2) is 7.21. The first kappa shape index (κ1) is 13.9. The minimum absolute atomic E-state index is 0.0462. The number of hydrogen-bond donors (Lipinski definition) is 1. The zero-order valence-electron chi connectivity index (χ0n) is 9.60. The molecule has 0 aromatic heterocycles. The van der Waals surface area contributed by atoms with Gasteiger partial charge in [-0.05, 0) is 31.2 Å². The topological polar surface area (TPSA) is 59.9 Å². The van der Waals surface area contributed by atoms with Gasteiger partial charge in [-0.3, -0.25) is 5.43 Å². The van der Waals surface area contributed by atoms with Gasteiger partial charge in [-0.2, -0.15) is 13.9 Å². The first-order valence-corrected chi connectivity index (χ1v) is 5.12. The Morgan fingerprint density at radius 2 is 2.11 bits per heavy atom. The highest BCUT2D eigenvalue weighted by molar-refractivity contribution is 6.23. The fraction of sp³-hybridized carbons (Fsp3) is 0.273. The number of nitrogens with one attached hydrogen (secondary N) is 1. The van der Waals surface area contributed by atoms with Crippen LogP contribution in [0.2, 0.25) is 0 Å². The molecule has 0 fully saturated rings. The van der Waals surface area contributed by atoms with Gasteiger partial charge in [-0.15, -0.1) is 0 Å². The van der Waals surface area contributed by atoms with Crippen molar-refractivity contribution in [3.8, 4) is 5.75 Å². The number of hydrogen-bond acceptors (Lipinski definition) is 5. The van der Waals surface area contributed by atoms with Crippen LogP contribution in [-0.2, 0) is 9.53 Å². The third-order valence-electron chi connectivity index (χ3n) is 1.73. The molecule has 0 aliphatic rings.